The second kappa shape index (κ2) is 6.96. The van der Waals surface area contributed by atoms with Gasteiger partial charge < -0.3 is 5.73 Å². The Morgan fingerprint density at radius 2 is 1.93 bits per heavy atom. The Balaban J connectivity index is 1.61. The average molecular weight is 406 g/mol. The number of halogens is 2. The number of likely N-dealkylation sites (tertiary alicyclic amines) is 1. The van der Waals surface area contributed by atoms with Crippen LogP contribution < -0.4 is 11.1 Å². The third kappa shape index (κ3) is 3.53. The number of hydrogen-bond acceptors (Lipinski definition) is 6. The number of nitrogens with two attached hydrogens (primary N) is 1. The third-order valence-corrected chi connectivity index (χ3v) is 5.46. The van der Waals surface area contributed by atoms with E-state index in [9.17, 15) is 28.0 Å². The van der Waals surface area contributed by atoms with Crippen LogP contribution in [0.15, 0.2) is 18.2 Å². The number of rotatable bonds is 3. The van der Waals surface area contributed by atoms with Crippen LogP contribution in [0.3, 0.4) is 0 Å². The first-order chi connectivity index (χ1) is 13.7. The van der Waals surface area contributed by atoms with E-state index in [0.717, 1.165) is 4.90 Å². The second-order valence-electron chi connectivity index (χ2n) is 7.78. The summed E-state index contributed by atoms with van der Waals surface area (Å²) < 4.78 is 27.8. The van der Waals surface area contributed by atoms with Crippen molar-refractivity contribution >= 4 is 23.6 Å². The van der Waals surface area contributed by atoms with Gasteiger partial charge in [-0.15, -0.1) is 0 Å². The quantitative estimate of drug-likeness (QED) is 0.696. The molecule has 154 valence electrons. The predicted molar refractivity (Wildman–Crippen MR) is 95.9 cm³/mol. The number of carbonyl (C=O) groups excluding carboxylic acids is 4. The number of nitrogens with one attached hydrogen (secondary N) is 1. The highest BCUT2D eigenvalue weighted by Crippen LogP contribution is 2.32. The fourth-order valence-electron chi connectivity index (χ4n) is 4.31. The topological polar surface area (TPSA) is 113 Å². The average Bonchev–Trinajstić information content (AvgIpc) is 2.85. The van der Waals surface area contributed by atoms with Gasteiger partial charge in [0.05, 0.1) is 17.7 Å². The van der Waals surface area contributed by atoms with Crippen LogP contribution in [0.25, 0.3) is 0 Å². The summed E-state index contributed by atoms with van der Waals surface area (Å²) in [7, 11) is 0. The first-order valence-corrected chi connectivity index (χ1v) is 9.35. The van der Waals surface area contributed by atoms with Gasteiger partial charge in [0.1, 0.15) is 6.04 Å². The zero-order chi connectivity index (χ0) is 20.9. The lowest BCUT2D eigenvalue weighted by atomic mass is 9.99. The van der Waals surface area contributed by atoms with Crippen LogP contribution in [-0.2, 0) is 16.1 Å². The molecule has 3 aliphatic heterocycles. The minimum atomic E-state index is -2.92. The smallest absolute Gasteiger partial charge is 0.262 e. The van der Waals surface area contributed by atoms with Crippen molar-refractivity contribution in [3.8, 4) is 0 Å². The lowest BCUT2D eigenvalue weighted by molar-refractivity contribution is -0.136. The summed E-state index contributed by atoms with van der Waals surface area (Å²) in [6.45, 7) is -0.198. The second-order valence-corrected chi connectivity index (χ2v) is 7.78. The molecular weight excluding hydrogens is 386 g/mol. The Labute approximate surface area is 165 Å². The molecule has 29 heavy (non-hydrogen) atoms. The summed E-state index contributed by atoms with van der Waals surface area (Å²) in [5.41, 5.74) is 6.42. The molecule has 1 aromatic rings. The van der Waals surface area contributed by atoms with Crippen molar-refractivity contribution in [1.29, 1.82) is 0 Å². The maximum atomic E-state index is 13.9. The van der Waals surface area contributed by atoms with Gasteiger partial charge in [-0.2, -0.15) is 0 Å². The van der Waals surface area contributed by atoms with Gasteiger partial charge in [-0.3, -0.25) is 34.3 Å². The van der Waals surface area contributed by atoms with Crippen molar-refractivity contribution < 1.29 is 28.0 Å². The first-order valence-electron chi connectivity index (χ1n) is 9.35. The van der Waals surface area contributed by atoms with Gasteiger partial charge in [-0.1, -0.05) is 12.1 Å². The van der Waals surface area contributed by atoms with Gasteiger partial charge in [0.25, 0.3) is 17.7 Å². The molecule has 4 rings (SSSR count). The summed E-state index contributed by atoms with van der Waals surface area (Å²) in [4.78, 5) is 51.7. The molecule has 2 fully saturated rings. The van der Waals surface area contributed by atoms with Crippen molar-refractivity contribution in [1.82, 2.24) is 15.1 Å². The molecule has 0 bridgehead atoms. The van der Waals surface area contributed by atoms with E-state index >= 15 is 0 Å². The van der Waals surface area contributed by atoms with Gasteiger partial charge in [0.2, 0.25) is 11.8 Å². The third-order valence-electron chi connectivity index (χ3n) is 5.46. The molecule has 10 heteroatoms. The van der Waals surface area contributed by atoms with E-state index in [2.05, 4.69) is 5.32 Å². The van der Waals surface area contributed by atoms with Crippen LogP contribution in [0.4, 0.5) is 8.78 Å². The van der Waals surface area contributed by atoms with Gasteiger partial charge in [-0.05, 0) is 18.1 Å². The molecule has 0 spiro atoms. The number of carbonyl (C=O) groups is 4. The maximum Gasteiger partial charge on any atom is 0.262 e. The number of fused-ring (bicyclic) bond motifs is 1. The summed E-state index contributed by atoms with van der Waals surface area (Å²) >= 11 is 0. The SMILES string of the molecule is N[C@H]1CN(Cc2cccc3c2C(=O)N(C2CCC(=O)NC2=O)C3=O)CC(F)(F)C1. The number of piperidine rings is 2. The maximum absolute atomic E-state index is 13.9. The van der Waals surface area contributed by atoms with Gasteiger partial charge in [-0.25, -0.2) is 8.78 Å². The summed E-state index contributed by atoms with van der Waals surface area (Å²) in [6, 6.07) is 2.90. The standard InChI is InChI=1S/C19H20F2N4O4/c20-19(21)6-11(22)8-24(9-19)7-10-2-1-3-12-15(10)18(29)25(17(12)28)13-4-5-14(26)23-16(13)27/h1-3,11,13H,4-9,22H2,(H,23,26,27)/t11-,13?/m1/s1. The molecule has 1 aromatic carbocycles. The van der Waals surface area contributed by atoms with E-state index in [1.54, 1.807) is 12.1 Å². The monoisotopic (exact) mass is 406 g/mol. The molecule has 2 atom stereocenters. The van der Waals surface area contributed by atoms with Gasteiger partial charge in [0, 0.05) is 32.0 Å². The van der Waals surface area contributed by atoms with E-state index in [-0.39, 0.29) is 37.1 Å². The fraction of sp³-hybridized carbons (Fsp3) is 0.474. The summed E-state index contributed by atoms with van der Waals surface area (Å²) in [5, 5.41) is 2.14. The molecule has 4 amide bonds. The van der Waals surface area contributed by atoms with Crippen LogP contribution >= 0.6 is 0 Å². The number of imide groups is 2. The van der Waals surface area contributed by atoms with Crippen molar-refractivity contribution in [2.24, 2.45) is 5.73 Å². The van der Waals surface area contributed by atoms with E-state index in [0.29, 0.717) is 5.56 Å². The minimum Gasteiger partial charge on any atom is -0.326 e. The molecule has 0 radical (unpaired) electrons. The fourth-order valence-corrected chi connectivity index (χ4v) is 4.31. The highest BCUT2D eigenvalue weighted by molar-refractivity contribution is 6.24. The summed E-state index contributed by atoms with van der Waals surface area (Å²) in [6.07, 6.45) is -0.312. The molecule has 1 unspecified atom stereocenters. The lowest BCUT2D eigenvalue weighted by Crippen LogP contribution is -2.54. The highest BCUT2D eigenvalue weighted by Gasteiger charge is 2.46. The molecule has 3 aliphatic rings. The largest absolute Gasteiger partial charge is 0.326 e. The molecule has 2 saturated heterocycles. The van der Waals surface area contributed by atoms with Crippen LogP contribution in [0.1, 0.15) is 45.5 Å². The Bertz CT molecular complexity index is 919. The van der Waals surface area contributed by atoms with Crippen LogP contribution in [0, 0.1) is 0 Å². The lowest BCUT2D eigenvalue weighted by Gasteiger charge is -2.36. The Morgan fingerprint density at radius 1 is 1.17 bits per heavy atom. The molecule has 0 aromatic heterocycles. The first kappa shape index (κ1) is 19.6. The number of benzene rings is 1. The van der Waals surface area contributed by atoms with Gasteiger partial charge in [0.15, 0.2) is 0 Å². The molecule has 8 nitrogen and oxygen atoms in total. The Hall–Kier alpha value is -2.72. The van der Waals surface area contributed by atoms with Crippen molar-refractivity contribution in [2.45, 2.75) is 43.8 Å². The zero-order valence-electron chi connectivity index (χ0n) is 15.5. The molecule has 0 saturated carbocycles. The molecular formula is C19H20F2N4O4. The zero-order valence-corrected chi connectivity index (χ0v) is 15.5. The molecule has 0 aliphatic carbocycles. The van der Waals surface area contributed by atoms with E-state index in [4.69, 9.17) is 5.73 Å². The van der Waals surface area contributed by atoms with E-state index < -0.39 is 54.6 Å². The van der Waals surface area contributed by atoms with Crippen molar-refractivity contribution in [3.05, 3.63) is 34.9 Å². The van der Waals surface area contributed by atoms with Gasteiger partial charge >= 0.3 is 0 Å². The highest BCUT2D eigenvalue weighted by atomic mass is 19.3. The molecule has 3 heterocycles. The number of amides is 4. The van der Waals surface area contributed by atoms with Crippen molar-refractivity contribution in [3.63, 3.8) is 0 Å². The van der Waals surface area contributed by atoms with Crippen LogP contribution in [0.5, 0.6) is 0 Å². The predicted octanol–water partition coefficient (Wildman–Crippen LogP) is 0.256. The minimum absolute atomic E-state index is 0.0252. The Morgan fingerprint density at radius 3 is 2.62 bits per heavy atom. The van der Waals surface area contributed by atoms with Crippen LogP contribution in [-0.4, -0.2) is 64.5 Å². The Kier molecular flexibility index (Phi) is 4.70. The van der Waals surface area contributed by atoms with E-state index in [1.165, 1.54) is 11.0 Å². The number of hydrogen-bond donors (Lipinski definition) is 2. The molecule has 3 N–H and O–H groups in total. The van der Waals surface area contributed by atoms with Crippen LogP contribution in [0.2, 0.25) is 0 Å². The number of nitrogens with zero attached hydrogens (tertiary/aromatic N) is 2. The summed E-state index contributed by atoms with van der Waals surface area (Å²) in [5.74, 6) is -5.34. The van der Waals surface area contributed by atoms with E-state index in [1.807, 2.05) is 0 Å². The normalized spacial score (nSPS) is 27.2. The number of alkyl halides is 2. The van der Waals surface area contributed by atoms with Crippen molar-refractivity contribution in [2.75, 3.05) is 13.1 Å².